The van der Waals surface area contributed by atoms with Crippen LogP contribution < -0.4 is 34.1 Å². The van der Waals surface area contributed by atoms with E-state index in [1.807, 2.05) is 71.1 Å². The molecule has 26 nitrogen and oxygen atoms in total. The molecule has 0 aliphatic carbocycles. The highest BCUT2D eigenvalue weighted by molar-refractivity contribution is 6.29. The minimum atomic E-state index is -0.455. The Morgan fingerprint density at radius 1 is 0.405 bits per heavy atom. The number of aromatic nitrogens is 8. The summed E-state index contributed by atoms with van der Waals surface area (Å²) >= 11 is 5.83. The van der Waals surface area contributed by atoms with Crippen LogP contribution in [0.4, 0.5) is 80.3 Å². The summed E-state index contributed by atoms with van der Waals surface area (Å²) in [5.74, 6) is -1.42. The van der Waals surface area contributed by atoms with Gasteiger partial charge in [-0.1, -0.05) is 58.4 Å². The van der Waals surface area contributed by atoms with Gasteiger partial charge in [-0.15, -0.1) is 0 Å². The van der Waals surface area contributed by atoms with E-state index in [-0.39, 0.29) is 48.2 Å². The molecule has 626 valence electrons. The van der Waals surface area contributed by atoms with E-state index in [0.717, 1.165) is 85.6 Å². The smallest absolute Gasteiger partial charge is 0.414 e. The summed E-state index contributed by atoms with van der Waals surface area (Å²) in [6.07, 6.45) is 14.8. The number of H-pyrrole nitrogens is 2. The Morgan fingerprint density at radius 2 is 0.802 bits per heavy atom. The van der Waals surface area contributed by atoms with E-state index in [1.165, 1.54) is 80.5 Å². The number of rotatable bonds is 17. The number of methoxy groups -OCH3 is 1. The average Bonchev–Trinajstić information content (AvgIpc) is 1.72. The number of nitrogens with zero attached hydrogens (tertiary/aromatic N) is 12. The molecular weight excluding hydrogens is 1590 g/mol. The van der Waals surface area contributed by atoms with Crippen LogP contribution in [0, 0.1) is 29.1 Å². The van der Waals surface area contributed by atoms with Gasteiger partial charge in [0, 0.05) is 119 Å². The van der Waals surface area contributed by atoms with Crippen LogP contribution in [0.5, 0.6) is 6.01 Å². The van der Waals surface area contributed by atoms with Crippen molar-refractivity contribution in [2.45, 2.75) is 104 Å². The van der Waals surface area contributed by atoms with Crippen LogP contribution >= 0.6 is 11.6 Å². The summed E-state index contributed by atoms with van der Waals surface area (Å²) in [5, 5.41) is 2.24. The summed E-state index contributed by atoms with van der Waals surface area (Å²) < 4.78 is 109. The molecule has 5 unspecified atom stereocenters. The first kappa shape index (κ1) is 84.2. The molecule has 32 heteroatoms. The van der Waals surface area contributed by atoms with E-state index in [9.17, 15) is 45.9 Å². The summed E-state index contributed by atoms with van der Waals surface area (Å²) in [4.78, 5) is 99.8. The van der Waals surface area contributed by atoms with E-state index in [2.05, 4.69) is 44.8 Å². The SMILES string of the molecule is CCC1CN(c2ccc(-c3ccc4cc[nH]c4c3)c(F)c2)C(=O)O1.CCC1CN(c2ccc(-c3ccnc(Cl)c3)c(F)c2)C(=O)O1.CCC1CN(c2ccc(-c3ccnc4[nH]ccc34)c(F)c2)C(=O)O1.CCC1CN(c2ccc(-c3cnc(N4CCCOCC4)nc3)c(F)c2)C(=O)O1.CCC1CN(c2ccc(-c3cnc(OC)nc3)c(F)c2)C(=O)O1. The summed E-state index contributed by atoms with van der Waals surface area (Å²) in [7, 11) is 1.46. The van der Waals surface area contributed by atoms with Crippen molar-refractivity contribution in [2.75, 3.05) is 95.5 Å². The molecule has 6 saturated heterocycles. The van der Waals surface area contributed by atoms with Crippen molar-refractivity contribution in [1.29, 1.82) is 0 Å². The minimum Gasteiger partial charge on any atom is -0.467 e. The number of fused-ring (bicyclic) bond motifs is 2. The molecule has 6 aliphatic heterocycles. The van der Waals surface area contributed by atoms with Crippen molar-refractivity contribution in [1.82, 2.24) is 39.9 Å². The van der Waals surface area contributed by atoms with Crippen LogP contribution in [0.1, 0.15) is 73.1 Å². The lowest BCUT2D eigenvalue weighted by Gasteiger charge is -2.19. The third kappa shape index (κ3) is 19.4. The van der Waals surface area contributed by atoms with Gasteiger partial charge in [-0.3, -0.25) is 24.5 Å². The number of cyclic esters (lactones) is 5. The number of amides is 5. The normalized spacial score (nSPS) is 18.1. The second-order valence-corrected chi connectivity index (χ2v) is 29.3. The molecule has 5 amide bonds. The van der Waals surface area contributed by atoms with Crippen molar-refractivity contribution < 1.29 is 79.1 Å². The number of carbonyl (C=O) groups excluding carboxylic acids is 5. The van der Waals surface area contributed by atoms with Crippen LogP contribution in [0.15, 0.2) is 189 Å². The molecule has 0 bridgehead atoms. The Morgan fingerprint density at radius 3 is 1.21 bits per heavy atom. The molecule has 6 aromatic carbocycles. The molecule has 2 N–H and O–H groups in total. The molecular formula is C89H86ClF5N14O12. The summed E-state index contributed by atoms with van der Waals surface area (Å²) in [5.41, 5.74) is 9.64. The molecule has 18 rings (SSSR count). The largest absolute Gasteiger partial charge is 0.467 e. The fourth-order valence-corrected chi connectivity index (χ4v) is 14.5. The summed E-state index contributed by atoms with van der Waals surface area (Å²) in [6, 6.07) is 38.6. The predicted octanol–water partition coefficient (Wildman–Crippen LogP) is 19.4. The van der Waals surface area contributed by atoms with E-state index >= 15 is 0 Å². The maximum Gasteiger partial charge on any atom is 0.414 e. The van der Waals surface area contributed by atoms with Crippen molar-refractivity contribution in [3.05, 3.63) is 223 Å². The van der Waals surface area contributed by atoms with E-state index in [0.29, 0.717) is 129 Å². The Kier molecular flexibility index (Phi) is 26.6. The average molecular weight is 1670 g/mol. The Hall–Kier alpha value is -13.3. The molecule has 12 aromatic rings. The van der Waals surface area contributed by atoms with Crippen molar-refractivity contribution in [3.8, 4) is 61.6 Å². The zero-order valence-corrected chi connectivity index (χ0v) is 67.7. The quantitative estimate of drug-likeness (QED) is 0.0487. The van der Waals surface area contributed by atoms with Gasteiger partial charge in [-0.25, -0.2) is 75.8 Å². The molecule has 0 spiro atoms. The standard InChI is InChI=1S/C20H23FN4O3.C19H17FN2O2.C18H16FN3O2.C16H14ClFN2O2.C16H16FN3O3/c1-2-16-13-25(20(26)28-16)15-4-5-17(18(21)10-15)14-11-22-19(23-12-14)24-6-3-8-27-9-7-24;1-2-15-11-22(19(23)24-15)14-5-6-16(17(20)10-14)13-4-3-12-7-8-21-18(12)9-13;1-2-12-10-22(18(23)24-12)11-3-4-14(16(19)9-11)13-5-7-20-17-15(13)6-8-21-17;1-2-12-9-20(16(21)22-12)11-3-4-13(14(18)8-11)10-5-6-19-15(17)7-10;1-3-12-9-20(16(21)23-12)11-4-5-13(14(17)6-11)10-7-18-15(22-2)19-8-10/h4-5,10-12,16H,2-3,6-9,13H2,1H3;3-10,15,21H,2,11H2,1H3;3-9,12H,2,10H2,1H3,(H,20,21);3-8,12H,2,9H2,1H3;4-8,12H,3,9H2,1-2H3. The third-order valence-electron chi connectivity index (χ3n) is 21.2. The molecule has 6 fully saturated rings. The second-order valence-electron chi connectivity index (χ2n) is 28.9. The zero-order chi connectivity index (χ0) is 85.0. The Balaban J connectivity index is 0.000000124. The third-order valence-corrected chi connectivity index (χ3v) is 21.4. The first-order chi connectivity index (χ1) is 58.7. The minimum absolute atomic E-state index is 0.129. The molecule has 6 aromatic heterocycles. The summed E-state index contributed by atoms with van der Waals surface area (Å²) in [6.45, 7) is 14.9. The van der Waals surface area contributed by atoms with E-state index in [4.69, 9.17) is 44.8 Å². The lowest BCUT2D eigenvalue weighted by molar-refractivity contribution is 0.138. The number of aromatic amines is 2. The highest BCUT2D eigenvalue weighted by Gasteiger charge is 2.37. The lowest BCUT2D eigenvalue weighted by atomic mass is 10.0. The highest BCUT2D eigenvalue weighted by atomic mass is 35.5. The van der Waals surface area contributed by atoms with Gasteiger partial charge in [0.15, 0.2) is 0 Å². The van der Waals surface area contributed by atoms with Crippen molar-refractivity contribution in [3.63, 3.8) is 0 Å². The first-order valence-electron chi connectivity index (χ1n) is 39.7. The van der Waals surface area contributed by atoms with Gasteiger partial charge in [0.1, 0.15) is 70.4 Å². The molecule has 6 aliphatic rings. The Bertz CT molecular complexity index is 5730. The first-order valence-corrected chi connectivity index (χ1v) is 40.1. The number of anilines is 6. The van der Waals surface area contributed by atoms with E-state index < -0.39 is 47.9 Å². The predicted molar refractivity (Wildman–Crippen MR) is 448 cm³/mol. The Labute approximate surface area is 698 Å². The number of ether oxygens (including phenoxy) is 7. The van der Waals surface area contributed by atoms with Crippen molar-refractivity contribution in [2.24, 2.45) is 0 Å². The van der Waals surface area contributed by atoms with Gasteiger partial charge >= 0.3 is 36.5 Å². The number of halogens is 6. The molecule has 0 radical (unpaired) electrons. The van der Waals surface area contributed by atoms with Gasteiger partial charge in [0.25, 0.3) is 0 Å². The lowest BCUT2D eigenvalue weighted by Crippen LogP contribution is -2.27. The monoisotopic (exact) mass is 1670 g/mol. The zero-order valence-electron chi connectivity index (χ0n) is 66.9. The maximum absolute atomic E-state index is 14.7. The van der Waals surface area contributed by atoms with Crippen LogP contribution in [0.25, 0.3) is 77.6 Å². The number of carbonyl (C=O) groups is 5. The van der Waals surface area contributed by atoms with E-state index in [1.54, 1.807) is 104 Å². The van der Waals surface area contributed by atoms with Gasteiger partial charge in [0.05, 0.1) is 74.9 Å². The van der Waals surface area contributed by atoms with Crippen LogP contribution in [-0.4, -0.2) is 167 Å². The fourth-order valence-electron chi connectivity index (χ4n) is 14.4. The number of hydrogen-bond donors (Lipinski definition) is 2. The molecule has 121 heavy (non-hydrogen) atoms. The fraction of sp³-hybridized carbons (Fsp3) is 0.292. The van der Waals surface area contributed by atoms with Gasteiger partial charge in [-0.2, -0.15) is 0 Å². The van der Waals surface area contributed by atoms with Gasteiger partial charge < -0.3 is 48.0 Å². The van der Waals surface area contributed by atoms with Crippen molar-refractivity contribution >= 4 is 98.4 Å². The van der Waals surface area contributed by atoms with Gasteiger partial charge in [-0.05, 0) is 188 Å². The van der Waals surface area contributed by atoms with Crippen LogP contribution in [0.2, 0.25) is 5.15 Å². The highest BCUT2D eigenvalue weighted by Crippen LogP contribution is 2.38. The molecule has 0 saturated carbocycles. The molecule has 5 atom stereocenters. The number of pyridine rings is 2. The number of benzene rings is 6. The molecule has 12 heterocycles. The van der Waals surface area contributed by atoms with Crippen LogP contribution in [-0.2, 0) is 28.4 Å². The second kappa shape index (κ2) is 38.2. The topological polar surface area (TPSA) is 278 Å². The number of hydrogen-bond acceptors (Lipinski definition) is 19. The van der Waals surface area contributed by atoms with Crippen LogP contribution in [0.3, 0.4) is 0 Å². The van der Waals surface area contributed by atoms with Gasteiger partial charge in [0.2, 0.25) is 5.95 Å². The maximum atomic E-state index is 14.7. The number of nitrogens with one attached hydrogen (secondary N) is 2.